The van der Waals surface area contributed by atoms with E-state index < -0.39 is 0 Å². The molecule has 0 aromatic carbocycles. The van der Waals surface area contributed by atoms with Crippen molar-refractivity contribution in [2.24, 2.45) is 11.8 Å². The van der Waals surface area contributed by atoms with Crippen LogP contribution in [-0.2, 0) is 4.79 Å². The van der Waals surface area contributed by atoms with Crippen molar-refractivity contribution >= 4 is 11.6 Å². The minimum Gasteiger partial charge on any atom is -0.371 e. The number of anilines is 1. The molecule has 1 saturated heterocycles. The predicted molar refractivity (Wildman–Crippen MR) is 86.3 cm³/mol. The number of rotatable bonds is 6. The first kappa shape index (κ1) is 15.8. The third kappa shape index (κ3) is 5.03. The highest BCUT2D eigenvalue weighted by Gasteiger charge is 2.20. The third-order valence-electron chi connectivity index (χ3n) is 4.46. The molecule has 21 heavy (non-hydrogen) atoms. The largest absolute Gasteiger partial charge is 0.371 e. The molecular weight excluding hydrogens is 262 g/mol. The van der Waals surface area contributed by atoms with Crippen molar-refractivity contribution in [2.75, 3.05) is 24.5 Å². The number of nitrogens with one attached hydrogen (secondary N) is 1. The van der Waals surface area contributed by atoms with Gasteiger partial charge < -0.3 is 10.2 Å². The molecule has 2 rings (SSSR count). The molecule has 4 nitrogen and oxygen atoms in total. The monoisotopic (exact) mass is 289 g/mol. The van der Waals surface area contributed by atoms with Gasteiger partial charge in [-0.05, 0) is 36.8 Å². The molecule has 1 fully saturated rings. The van der Waals surface area contributed by atoms with Crippen LogP contribution in [0.4, 0.5) is 5.69 Å². The predicted octanol–water partition coefficient (Wildman–Crippen LogP) is 2.85. The van der Waals surface area contributed by atoms with Gasteiger partial charge >= 0.3 is 0 Å². The summed E-state index contributed by atoms with van der Waals surface area (Å²) in [5.41, 5.74) is 1.25. The van der Waals surface area contributed by atoms with Crippen molar-refractivity contribution < 1.29 is 4.79 Å². The Labute approximate surface area is 127 Å². The van der Waals surface area contributed by atoms with Crippen molar-refractivity contribution in [1.82, 2.24) is 10.3 Å². The molecular formula is C17H27N3O. The molecule has 1 atom stereocenters. The maximum Gasteiger partial charge on any atom is 0.220 e. The number of hydrogen-bond acceptors (Lipinski definition) is 3. The topological polar surface area (TPSA) is 45.2 Å². The van der Waals surface area contributed by atoms with Gasteiger partial charge in [0.15, 0.2) is 0 Å². The highest BCUT2D eigenvalue weighted by Crippen LogP contribution is 2.22. The number of piperidine rings is 1. The van der Waals surface area contributed by atoms with Gasteiger partial charge in [-0.2, -0.15) is 0 Å². The number of amides is 1. The minimum absolute atomic E-state index is 0.209. The molecule has 1 aliphatic heterocycles. The molecule has 1 aliphatic rings. The lowest BCUT2D eigenvalue weighted by Gasteiger charge is -2.33. The van der Waals surface area contributed by atoms with Gasteiger partial charge in [0, 0.05) is 44.1 Å². The fraction of sp³-hybridized carbons (Fsp3) is 0.647. The number of pyridine rings is 1. The van der Waals surface area contributed by atoms with Crippen molar-refractivity contribution in [3.63, 3.8) is 0 Å². The van der Waals surface area contributed by atoms with Gasteiger partial charge in [0.25, 0.3) is 0 Å². The molecule has 0 aliphatic carbocycles. The molecule has 0 saturated carbocycles. The Kier molecular flexibility index (Phi) is 6.03. The lowest BCUT2D eigenvalue weighted by atomic mass is 9.96. The first-order valence-corrected chi connectivity index (χ1v) is 8.10. The number of carbonyl (C=O) groups excluding carboxylic acids is 1. The lowest BCUT2D eigenvalue weighted by Crippen LogP contribution is -2.38. The van der Waals surface area contributed by atoms with E-state index in [0.29, 0.717) is 18.3 Å². The molecule has 1 unspecified atom stereocenters. The standard InChI is InChI=1S/C17H27N3O/c1-3-14(2)12-17(21)19-13-15-6-10-20(11-7-15)16-4-8-18-9-5-16/h4-5,8-9,14-15H,3,6-7,10-13H2,1-2H3,(H,19,21). The Morgan fingerprint density at radius 1 is 1.38 bits per heavy atom. The average Bonchev–Trinajstić information content (AvgIpc) is 2.54. The van der Waals surface area contributed by atoms with Gasteiger partial charge in [-0.25, -0.2) is 0 Å². The molecule has 0 radical (unpaired) electrons. The molecule has 2 heterocycles. The first-order chi connectivity index (χ1) is 10.2. The summed E-state index contributed by atoms with van der Waals surface area (Å²) in [6.45, 7) is 7.23. The van der Waals surface area contributed by atoms with Gasteiger partial charge in [-0.3, -0.25) is 9.78 Å². The Bertz CT molecular complexity index is 427. The maximum atomic E-state index is 11.8. The summed E-state index contributed by atoms with van der Waals surface area (Å²) in [6, 6.07) is 4.13. The van der Waals surface area contributed by atoms with Crippen molar-refractivity contribution in [3.8, 4) is 0 Å². The van der Waals surface area contributed by atoms with Crippen LogP contribution >= 0.6 is 0 Å². The van der Waals surface area contributed by atoms with E-state index in [9.17, 15) is 4.79 Å². The second-order valence-electron chi connectivity index (χ2n) is 6.16. The summed E-state index contributed by atoms with van der Waals surface area (Å²) in [5, 5.41) is 3.10. The van der Waals surface area contributed by atoms with Crippen molar-refractivity contribution in [1.29, 1.82) is 0 Å². The lowest BCUT2D eigenvalue weighted by molar-refractivity contribution is -0.122. The molecule has 4 heteroatoms. The van der Waals surface area contributed by atoms with Gasteiger partial charge in [-0.15, -0.1) is 0 Å². The summed E-state index contributed by atoms with van der Waals surface area (Å²) in [7, 11) is 0. The Hall–Kier alpha value is -1.58. The summed E-state index contributed by atoms with van der Waals surface area (Å²) in [4.78, 5) is 18.3. The van der Waals surface area contributed by atoms with Crippen LogP contribution < -0.4 is 10.2 Å². The van der Waals surface area contributed by atoms with E-state index in [-0.39, 0.29) is 5.91 Å². The van der Waals surface area contributed by atoms with Crippen LogP contribution in [0.2, 0.25) is 0 Å². The summed E-state index contributed by atoms with van der Waals surface area (Å²) < 4.78 is 0. The second kappa shape index (κ2) is 8.01. The van der Waals surface area contributed by atoms with Crippen LogP contribution in [0.15, 0.2) is 24.5 Å². The van der Waals surface area contributed by atoms with Gasteiger partial charge in [0.1, 0.15) is 0 Å². The van der Waals surface area contributed by atoms with E-state index in [1.165, 1.54) is 5.69 Å². The number of hydrogen-bond donors (Lipinski definition) is 1. The van der Waals surface area contributed by atoms with Gasteiger partial charge in [0.05, 0.1) is 0 Å². The second-order valence-corrected chi connectivity index (χ2v) is 6.16. The number of nitrogens with zero attached hydrogens (tertiary/aromatic N) is 2. The van der Waals surface area contributed by atoms with Crippen molar-refractivity contribution in [2.45, 2.75) is 39.5 Å². The zero-order chi connectivity index (χ0) is 15.1. The van der Waals surface area contributed by atoms with E-state index in [0.717, 1.165) is 38.9 Å². The van der Waals surface area contributed by atoms with Crippen LogP contribution in [0.3, 0.4) is 0 Å². The molecule has 116 valence electrons. The minimum atomic E-state index is 0.209. The summed E-state index contributed by atoms with van der Waals surface area (Å²) >= 11 is 0. The maximum absolute atomic E-state index is 11.8. The molecule has 1 aromatic rings. The third-order valence-corrected chi connectivity index (χ3v) is 4.46. The van der Waals surface area contributed by atoms with E-state index in [2.05, 4.69) is 41.2 Å². The van der Waals surface area contributed by atoms with E-state index in [1.54, 1.807) is 0 Å². The highest BCUT2D eigenvalue weighted by molar-refractivity contribution is 5.76. The molecule has 0 bridgehead atoms. The molecule has 1 amide bonds. The van der Waals surface area contributed by atoms with E-state index in [4.69, 9.17) is 0 Å². The van der Waals surface area contributed by atoms with E-state index >= 15 is 0 Å². The average molecular weight is 289 g/mol. The Balaban J connectivity index is 1.69. The Morgan fingerprint density at radius 2 is 2.05 bits per heavy atom. The van der Waals surface area contributed by atoms with Crippen LogP contribution in [0, 0.1) is 11.8 Å². The smallest absolute Gasteiger partial charge is 0.220 e. The molecule has 0 spiro atoms. The van der Waals surface area contributed by atoms with Crippen LogP contribution in [0.25, 0.3) is 0 Å². The first-order valence-electron chi connectivity index (χ1n) is 8.10. The summed E-state index contributed by atoms with van der Waals surface area (Å²) in [6.07, 6.45) is 7.70. The fourth-order valence-electron chi connectivity index (χ4n) is 2.74. The van der Waals surface area contributed by atoms with Gasteiger partial charge in [-0.1, -0.05) is 20.3 Å². The van der Waals surface area contributed by atoms with Crippen LogP contribution in [0.5, 0.6) is 0 Å². The SMILES string of the molecule is CCC(C)CC(=O)NCC1CCN(c2ccncc2)CC1. The molecule has 1 N–H and O–H groups in total. The zero-order valence-corrected chi connectivity index (χ0v) is 13.2. The Morgan fingerprint density at radius 3 is 2.67 bits per heavy atom. The van der Waals surface area contributed by atoms with Crippen molar-refractivity contribution in [3.05, 3.63) is 24.5 Å². The number of carbonyl (C=O) groups is 1. The normalized spacial score (nSPS) is 17.5. The number of aromatic nitrogens is 1. The van der Waals surface area contributed by atoms with Crippen LogP contribution in [0.1, 0.15) is 39.5 Å². The highest BCUT2D eigenvalue weighted by atomic mass is 16.1. The zero-order valence-electron chi connectivity index (χ0n) is 13.2. The fourth-order valence-corrected chi connectivity index (χ4v) is 2.74. The quantitative estimate of drug-likeness (QED) is 0.876. The summed E-state index contributed by atoms with van der Waals surface area (Å²) in [5.74, 6) is 1.31. The van der Waals surface area contributed by atoms with E-state index in [1.807, 2.05) is 12.4 Å². The van der Waals surface area contributed by atoms with Gasteiger partial charge in [0.2, 0.25) is 5.91 Å². The van der Waals surface area contributed by atoms with Crippen LogP contribution in [-0.4, -0.2) is 30.5 Å². The molecule has 1 aromatic heterocycles.